The van der Waals surface area contributed by atoms with Crippen LogP contribution < -0.4 is 4.74 Å². The summed E-state index contributed by atoms with van der Waals surface area (Å²) in [6, 6.07) is 11.5. The highest BCUT2D eigenvalue weighted by Gasteiger charge is 2.27. The minimum absolute atomic E-state index is 0.480. The first-order valence-corrected chi connectivity index (χ1v) is 7.15. The van der Waals surface area contributed by atoms with Crippen LogP contribution in [0.1, 0.15) is 19.4 Å². The van der Waals surface area contributed by atoms with Crippen molar-refractivity contribution in [1.82, 2.24) is 0 Å². The fraction of sp³-hybridized carbons (Fsp3) is 0.294. The van der Waals surface area contributed by atoms with Crippen molar-refractivity contribution in [2.24, 2.45) is 0 Å². The molecule has 0 unspecified atom stereocenters. The van der Waals surface area contributed by atoms with E-state index in [4.69, 9.17) is 9.47 Å². The van der Waals surface area contributed by atoms with Gasteiger partial charge in [-0.3, -0.25) is 8.63 Å². The van der Waals surface area contributed by atoms with Gasteiger partial charge in [0.2, 0.25) is 0 Å². The van der Waals surface area contributed by atoms with Crippen molar-refractivity contribution in [1.29, 1.82) is 0 Å². The van der Waals surface area contributed by atoms with E-state index in [1.807, 2.05) is 36.4 Å². The summed E-state index contributed by atoms with van der Waals surface area (Å²) in [6.07, 6.45) is 1.55. The standard InChI is InChI=1S/C17H19BF2O3/c1-17(2,23-18(19)20)11-16(22-4)14-6-5-13-10-15(21-3)8-7-12(13)9-14/h5-11H,1-4H3/b16-11-. The number of fused-ring (bicyclic) bond motifs is 1. The van der Waals surface area contributed by atoms with Crippen LogP contribution in [0.3, 0.4) is 0 Å². The van der Waals surface area contributed by atoms with Gasteiger partial charge in [0.1, 0.15) is 11.5 Å². The molecule has 2 aromatic carbocycles. The number of ether oxygens (including phenoxy) is 2. The Labute approximate surface area is 135 Å². The summed E-state index contributed by atoms with van der Waals surface area (Å²) in [5.74, 6) is 1.26. The Kier molecular flexibility index (Phi) is 5.26. The van der Waals surface area contributed by atoms with Crippen LogP contribution in [0.4, 0.5) is 8.63 Å². The minimum atomic E-state index is -2.84. The summed E-state index contributed by atoms with van der Waals surface area (Å²) in [5, 5.41) is 2.02. The molecule has 0 atom stereocenters. The van der Waals surface area contributed by atoms with E-state index < -0.39 is 13.1 Å². The van der Waals surface area contributed by atoms with Crippen LogP contribution in [0.25, 0.3) is 16.5 Å². The molecule has 0 bridgehead atoms. The van der Waals surface area contributed by atoms with E-state index in [9.17, 15) is 8.63 Å². The molecule has 2 rings (SSSR count). The van der Waals surface area contributed by atoms with Crippen LogP contribution in [0.15, 0.2) is 42.5 Å². The second-order valence-electron chi connectivity index (χ2n) is 5.62. The maximum Gasteiger partial charge on any atom is 0.721 e. The summed E-state index contributed by atoms with van der Waals surface area (Å²) in [7, 11) is 0.276. The molecule has 23 heavy (non-hydrogen) atoms. The quantitative estimate of drug-likeness (QED) is 0.577. The topological polar surface area (TPSA) is 27.7 Å². The molecule has 3 nitrogen and oxygen atoms in total. The van der Waals surface area contributed by atoms with Gasteiger partial charge in [0, 0.05) is 5.56 Å². The average Bonchev–Trinajstić information content (AvgIpc) is 2.50. The summed E-state index contributed by atoms with van der Waals surface area (Å²) in [6.45, 7) is 3.12. The number of benzene rings is 2. The normalized spacial score (nSPS) is 12.3. The SMILES string of the molecule is CO/C(=C\C(C)(C)OB(F)F)c1ccc2cc(OC)ccc2c1. The minimum Gasteiger partial charge on any atom is -0.497 e. The van der Waals surface area contributed by atoms with E-state index in [-0.39, 0.29) is 0 Å². The predicted octanol–water partition coefficient (Wildman–Crippen LogP) is 4.55. The van der Waals surface area contributed by atoms with Crippen molar-refractivity contribution in [3.05, 3.63) is 48.0 Å². The fourth-order valence-electron chi connectivity index (χ4n) is 2.34. The lowest BCUT2D eigenvalue weighted by Gasteiger charge is -2.21. The molecule has 2 aromatic rings. The van der Waals surface area contributed by atoms with Gasteiger partial charge >= 0.3 is 7.47 Å². The summed E-state index contributed by atoms with van der Waals surface area (Å²) < 4.78 is 40.1. The van der Waals surface area contributed by atoms with Crippen molar-refractivity contribution < 1.29 is 22.8 Å². The van der Waals surface area contributed by atoms with Gasteiger partial charge in [0.15, 0.2) is 0 Å². The molecule has 0 N–H and O–H groups in total. The number of methoxy groups -OCH3 is 2. The Bertz CT molecular complexity index is 714. The van der Waals surface area contributed by atoms with E-state index in [0.29, 0.717) is 5.76 Å². The molecule has 0 spiro atoms. The summed E-state index contributed by atoms with van der Waals surface area (Å²) in [5.41, 5.74) is -0.356. The number of rotatable bonds is 6. The van der Waals surface area contributed by atoms with Gasteiger partial charge < -0.3 is 14.1 Å². The van der Waals surface area contributed by atoms with Crippen molar-refractivity contribution in [2.75, 3.05) is 14.2 Å². The molecule has 6 heteroatoms. The molecule has 0 heterocycles. The van der Waals surface area contributed by atoms with Gasteiger partial charge in [-0.15, -0.1) is 0 Å². The smallest absolute Gasteiger partial charge is 0.497 e. The van der Waals surface area contributed by atoms with Gasteiger partial charge in [0.25, 0.3) is 0 Å². The molecular formula is C17H19BF2O3. The zero-order chi connectivity index (χ0) is 17.0. The van der Waals surface area contributed by atoms with Crippen LogP contribution in [-0.2, 0) is 9.39 Å². The Morgan fingerprint density at radius 3 is 2.30 bits per heavy atom. The molecule has 0 amide bonds. The van der Waals surface area contributed by atoms with Crippen LogP contribution >= 0.6 is 0 Å². The summed E-state index contributed by atoms with van der Waals surface area (Å²) >= 11 is 0. The summed E-state index contributed by atoms with van der Waals surface area (Å²) in [4.78, 5) is 0. The lowest BCUT2D eigenvalue weighted by Crippen LogP contribution is -2.27. The number of hydrogen-bond acceptors (Lipinski definition) is 3. The zero-order valence-electron chi connectivity index (χ0n) is 13.6. The number of halogens is 2. The zero-order valence-corrected chi connectivity index (χ0v) is 13.6. The van der Waals surface area contributed by atoms with E-state index >= 15 is 0 Å². The van der Waals surface area contributed by atoms with E-state index in [0.717, 1.165) is 22.1 Å². The van der Waals surface area contributed by atoms with Gasteiger partial charge in [-0.05, 0) is 48.9 Å². The lowest BCUT2D eigenvalue weighted by molar-refractivity contribution is 0.122. The maximum atomic E-state index is 12.5. The van der Waals surface area contributed by atoms with Crippen LogP contribution in [0.2, 0.25) is 0 Å². The third kappa shape index (κ3) is 4.45. The van der Waals surface area contributed by atoms with Gasteiger partial charge in [-0.2, -0.15) is 0 Å². The molecule has 0 saturated carbocycles. The Balaban J connectivity index is 2.39. The van der Waals surface area contributed by atoms with E-state index in [2.05, 4.69) is 4.65 Å². The Morgan fingerprint density at radius 2 is 1.70 bits per heavy atom. The monoisotopic (exact) mass is 320 g/mol. The highest BCUT2D eigenvalue weighted by Crippen LogP contribution is 2.27. The molecule has 0 fully saturated rings. The third-order valence-corrected chi connectivity index (χ3v) is 3.42. The van der Waals surface area contributed by atoms with Crippen LogP contribution in [0, 0.1) is 0 Å². The molecule has 0 radical (unpaired) electrons. The highest BCUT2D eigenvalue weighted by atomic mass is 19.2. The lowest BCUT2D eigenvalue weighted by atomic mass is 10.0. The van der Waals surface area contributed by atoms with Crippen molar-refractivity contribution >= 4 is 24.0 Å². The van der Waals surface area contributed by atoms with Gasteiger partial charge in [0.05, 0.1) is 19.8 Å². The average molecular weight is 320 g/mol. The molecular weight excluding hydrogens is 301 g/mol. The second-order valence-corrected chi connectivity index (χ2v) is 5.62. The molecule has 0 saturated heterocycles. The predicted molar refractivity (Wildman–Crippen MR) is 88.6 cm³/mol. The van der Waals surface area contributed by atoms with Crippen LogP contribution in [0.5, 0.6) is 5.75 Å². The van der Waals surface area contributed by atoms with Gasteiger partial charge in [-0.1, -0.05) is 18.2 Å². The third-order valence-electron chi connectivity index (χ3n) is 3.42. The van der Waals surface area contributed by atoms with E-state index in [1.54, 1.807) is 27.0 Å². The second kappa shape index (κ2) is 7.00. The maximum absolute atomic E-state index is 12.5. The molecule has 0 aliphatic rings. The number of hydrogen-bond donors (Lipinski definition) is 0. The van der Waals surface area contributed by atoms with Gasteiger partial charge in [-0.25, -0.2) is 0 Å². The largest absolute Gasteiger partial charge is 0.721 e. The fourth-order valence-corrected chi connectivity index (χ4v) is 2.34. The first kappa shape index (κ1) is 17.3. The highest BCUT2D eigenvalue weighted by molar-refractivity contribution is 6.34. The van der Waals surface area contributed by atoms with Crippen molar-refractivity contribution in [3.8, 4) is 5.75 Å². The molecule has 0 aliphatic heterocycles. The van der Waals surface area contributed by atoms with Crippen molar-refractivity contribution in [2.45, 2.75) is 19.4 Å². The van der Waals surface area contributed by atoms with Crippen LogP contribution in [-0.4, -0.2) is 27.3 Å². The first-order valence-electron chi connectivity index (χ1n) is 7.15. The Morgan fingerprint density at radius 1 is 1.04 bits per heavy atom. The Hall–Kier alpha value is -2.08. The van der Waals surface area contributed by atoms with Crippen molar-refractivity contribution in [3.63, 3.8) is 0 Å². The van der Waals surface area contributed by atoms with E-state index in [1.165, 1.54) is 7.11 Å². The molecule has 0 aliphatic carbocycles. The molecule has 0 aromatic heterocycles. The molecule has 122 valence electrons. The first-order chi connectivity index (χ1) is 10.8.